The van der Waals surface area contributed by atoms with Crippen molar-refractivity contribution in [3.63, 3.8) is 0 Å². The van der Waals surface area contributed by atoms with Gasteiger partial charge in [-0.2, -0.15) is 0 Å². The Morgan fingerprint density at radius 3 is 3.00 bits per heavy atom. The predicted octanol–water partition coefficient (Wildman–Crippen LogP) is 0.766. The van der Waals surface area contributed by atoms with Crippen LogP contribution in [0.4, 0.5) is 0 Å². The standard InChI is InChI=1S/C4H8N4S2/c1-2-10-4-7-6-3(9)8(4)5/h2,5H2,1H3,(H,6,9). The number of thioether (sulfide) groups is 1. The Morgan fingerprint density at radius 2 is 2.60 bits per heavy atom. The van der Waals surface area contributed by atoms with Gasteiger partial charge in [0.25, 0.3) is 0 Å². The highest BCUT2D eigenvalue weighted by Crippen LogP contribution is 2.11. The van der Waals surface area contributed by atoms with E-state index in [0.717, 1.165) is 10.9 Å². The van der Waals surface area contributed by atoms with Crippen molar-refractivity contribution in [1.29, 1.82) is 0 Å². The minimum Gasteiger partial charge on any atom is -0.335 e. The van der Waals surface area contributed by atoms with Gasteiger partial charge in [0.05, 0.1) is 0 Å². The van der Waals surface area contributed by atoms with E-state index in [2.05, 4.69) is 10.2 Å². The second-order valence-corrected chi connectivity index (χ2v) is 3.23. The molecular weight excluding hydrogens is 168 g/mol. The lowest BCUT2D eigenvalue weighted by Crippen LogP contribution is -2.09. The molecular formula is C4H8N4S2. The third-order valence-electron chi connectivity index (χ3n) is 0.946. The highest BCUT2D eigenvalue weighted by atomic mass is 32.2. The van der Waals surface area contributed by atoms with Crippen LogP contribution < -0.4 is 5.84 Å². The molecule has 4 nitrogen and oxygen atoms in total. The Balaban J connectivity index is 2.94. The number of nitrogens with zero attached hydrogens (tertiary/aromatic N) is 2. The highest BCUT2D eigenvalue weighted by molar-refractivity contribution is 7.99. The van der Waals surface area contributed by atoms with Crippen LogP contribution in [0.25, 0.3) is 0 Å². The lowest BCUT2D eigenvalue weighted by Gasteiger charge is -1.93. The van der Waals surface area contributed by atoms with Gasteiger partial charge in [0, 0.05) is 0 Å². The van der Waals surface area contributed by atoms with E-state index in [-0.39, 0.29) is 0 Å². The van der Waals surface area contributed by atoms with Gasteiger partial charge in [-0.05, 0) is 18.0 Å². The predicted molar refractivity (Wildman–Crippen MR) is 44.0 cm³/mol. The topological polar surface area (TPSA) is 59.6 Å². The summed E-state index contributed by atoms with van der Waals surface area (Å²) in [6.07, 6.45) is 0. The zero-order chi connectivity index (χ0) is 7.56. The molecule has 0 unspecified atom stereocenters. The number of hydrogen-bond donors (Lipinski definition) is 2. The van der Waals surface area contributed by atoms with Gasteiger partial charge in [0.15, 0.2) is 0 Å². The second kappa shape index (κ2) is 3.07. The van der Waals surface area contributed by atoms with Gasteiger partial charge < -0.3 is 5.84 Å². The zero-order valence-corrected chi connectivity index (χ0v) is 7.13. The minimum atomic E-state index is 0.455. The van der Waals surface area contributed by atoms with E-state index in [0.29, 0.717) is 4.77 Å². The maximum Gasteiger partial charge on any atom is 0.214 e. The van der Waals surface area contributed by atoms with Gasteiger partial charge in [-0.3, -0.25) is 0 Å². The Hall–Kier alpha value is -0.490. The van der Waals surface area contributed by atoms with Crippen molar-refractivity contribution < 1.29 is 0 Å². The van der Waals surface area contributed by atoms with Crippen molar-refractivity contribution in [2.45, 2.75) is 12.1 Å². The number of nitrogens with two attached hydrogens (primary N) is 1. The Morgan fingerprint density at radius 1 is 1.90 bits per heavy atom. The lowest BCUT2D eigenvalue weighted by atomic mass is 11.0. The first kappa shape index (κ1) is 7.62. The first-order chi connectivity index (χ1) is 4.75. The summed E-state index contributed by atoms with van der Waals surface area (Å²) in [6.45, 7) is 2.03. The largest absolute Gasteiger partial charge is 0.335 e. The van der Waals surface area contributed by atoms with E-state index < -0.39 is 0 Å². The fourth-order valence-corrected chi connectivity index (χ4v) is 1.31. The molecule has 0 fully saturated rings. The highest BCUT2D eigenvalue weighted by Gasteiger charge is 1.99. The molecule has 0 bridgehead atoms. The SMILES string of the molecule is CCSc1n[nH]c(=S)n1N. The molecule has 1 aromatic rings. The molecule has 0 spiro atoms. The smallest absolute Gasteiger partial charge is 0.214 e. The second-order valence-electron chi connectivity index (χ2n) is 1.61. The van der Waals surface area contributed by atoms with Gasteiger partial charge in [0.1, 0.15) is 0 Å². The average Bonchev–Trinajstić information content (AvgIpc) is 2.20. The summed E-state index contributed by atoms with van der Waals surface area (Å²) in [5.74, 6) is 6.43. The summed E-state index contributed by atoms with van der Waals surface area (Å²) in [5, 5.41) is 7.21. The Labute approximate surface area is 67.8 Å². The molecule has 1 heterocycles. The molecule has 0 radical (unpaired) electrons. The number of H-pyrrole nitrogens is 1. The molecule has 10 heavy (non-hydrogen) atoms. The van der Waals surface area contributed by atoms with Crippen LogP contribution in [0, 0.1) is 4.77 Å². The van der Waals surface area contributed by atoms with Crippen LogP contribution in [-0.4, -0.2) is 20.6 Å². The van der Waals surface area contributed by atoms with Crippen LogP contribution in [-0.2, 0) is 0 Å². The van der Waals surface area contributed by atoms with E-state index in [9.17, 15) is 0 Å². The molecule has 56 valence electrons. The quantitative estimate of drug-likeness (QED) is 0.397. The van der Waals surface area contributed by atoms with Crippen LogP contribution in [0.1, 0.15) is 6.92 Å². The molecule has 1 aromatic heterocycles. The number of nitrogen functional groups attached to an aromatic ring is 1. The molecule has 1 rings (SSSR count). The van der Waals surface area contributed by atoms with Gasteiger partial charge in [-0.25, -0.2) is 9.77 Å². The third-order valence-corrected chi connectivity index (χ3v) is 2.07. The maximum atomic E-state index is 5.49. The normalized spacial score (nSPS) is 10.1. The molecule has 0 aliphatic rings. The fourth-order valence-electron chi connectivity index (χ4n) is 0.521. The molecule has 0 aliphatic carbocycles. The number of aromatic amines is 1. The first-order valence-corrected chi connectivity index (χ1v) is 4.20. The summed E-state index contributed by atoms with van der Waals surface area (Å²) < 4.78 is 1.82. The van der Waals surface area contributed by atoms with E-state index >= 15 is 0 Å². The lowest BCUT2D eigenvalue weighted by molar-refractivity contribution is 0.840. The molecule has 0 saturated carbocycles. The minimum absolute atomic E-state index is 0.455. The summed E-state index contributed by atoms with van der Waals surface area (Å²) >= 11 is 6.35. The Bertz CT molecular complexity index is 262. The van der Waals surface area contributed by atoms with Crippen molar-refractivity contribution in [3.05, 3.63) is 4.77 Å². The first-order valence-electron chi connectivity index (χ1n) is 2.81. The van der Waals surface area contributed by atoms with Crippen LogP contribution in [0.2, 0.25) is 0 Å². The van der Waals surface area contributed by atoms with Crippen molar-refractivity contribution in [2.24, 2.45) is 0 Å². The number of nitrogens with one attached hydrogen (secondary N) is 1. The van der Waals surface area contributed by atoms with Gasteiger partial charge in [0.2, 0.25) is 9.93 Å². The van der Waals surface area contributed by atoms with Gasteiger partial charge in [-0.15, -0.1) is 5.10 Å². The fraction of sp³-hybridized carbons (Fsp3) is 0.500. The zero-order valence-electron chi connectivity index (χ0n) is 5.50. The molecule has 6 heteroatoms. The Kier molecular flexibility index (Phi) is 2.34. The van der Waals surface area contributed by atoms with Crippen LogP contribution in [0.5, 0.6) is 0 Å². The van der Waals surface area contributed by atoms with Crippen molar-refractivity contribution >= 4 is 24.0 Å². The van der Waals surface area contributed by atoms with E-state index in [1.807, 2.05) is 6.92 Å². The molecule has 0 atom stereocenters. The van der Waals surface area contributed by atoms with Crippen molar-refractivity contribution in [3.8, 4) is 0 Å². The van der Waals surface area contributed by atoms with E-state index in [1.54, 1.807) is 11.8 Å². The molecule has 0 aromatic carbocycles. The average molecular weight is 176 g/mol. The molecule has 3 N–H and O–H groups in total. The van der Waals surface area contributed by atoms with Gasteiger partial charge in [-0.1, -0.05) is 18.7 Å². The third kappa shape index (κ3) is 1.32. The summed E-state index contributed by atoms with van der Waals surface area (Å²) in [5.41, 5.74) is 0. The van der Waals surface area contributed by atoms with Crippen LogP contribution >= 0.6 is 24.0 Å². The number of aromatic nitrogens is 3. The molecule has 0 saturated heterocycles. The molecule has 0 aliphatic heterocycles. The number of hydrogen-bond acceptors (Lipinski definition) is 4. The van der Waals surface area contributed by atoms with E-state index in [4.69, 9.17) is 18.1 Å². The summed E-state index contributed by atoms with van der Waals surface area (Å²) in [7, 11) is 0. The van der Waals surface area contributed by atoms with E-state index in [1.165, 1.54) is 4.68 Å². The van der Waals surface area contributed by atoms with Crippen molar-refractivity contribution in [2.75, 3.05) is 11.6 Å². The summed E-state index contributed by atoms with van der Waals surface area (Å²) in [6, 6.07) is 0. The maximum absolute atomic E-state index is 5.49. The number of rotatable bonds is 2. The van der Waals surface area contributed by atoms with Crippen LogP contribution in [0.15, 0.2) is 5.16 Å². The monoisotopic (exact) mass is 176 g/mol. The summed E-state index contributed by atoms with van der Waals surface area (Å²) in [4.78, 5) is 0. The molecule has 0 amide bonds. The van der Waals surface area contributed by atoms with Gasteiger partial charge >= 0.3 is 0 Å². The van der Waals surface area contributed by atoms with Crippen molar-refractivity contribution in [1.82, 2.24) is 14.9 Å². The van der Waals surface area contributed by atoms with Crippen LogP contribution in [0.3, 0.4) is 0 Å².